The van der Waals surface area contributed by atoms with Crippen LogP contribution in [-0.2, 0) is 0 Å². The number of rotatable bonds is 4. The lowest BCUT2D eigenvalue weighted by Crippen LogP contribution is -2.38. The van der Waals surface area contributed by atoms with Gasteiger partial charge >= 0.3 is 0 Å². The fourth-order valence-electron chi connectivity index (χ4n) is 2.43. The number of alkyl halides is 1. The Morgan fingerprint density at radius 2 is 1.77 bits per heavy atom. The van der Waals surface area contributed by atoms with Crippen molar-refractivity contribution in [1.82, 2.24) is 4.90 Å². The largest absolute Gasteiger partial charge is 0.306 e. The highest BCUT2D eigenvalue weighted by molar-refractivity contribution is 6.21. The minimum absolute atomic E-state index is 0.488. The summed E-state index contributed by atoms with van der Waals surface area (Å²) in [6, 6.07) is 0. The molecule has 2 heteroatoms. The van der Waals surface area contributed by atoms with Crippen LogP contribution in [0.15, 0.2) is 0 Å². The van der Waals surface area contributed by atoms with Crippen molar-refractivity contribution >= 4 is 11.6 Å². The molecule has 0 aromatic carbocycles. The summed E-state index contributed by atoms with van der Waals surface area (Å²) in [4.78, 5) is 2.51. The summed E-state index contributed by atoms with van der Waals surface area (Å²) >= 11 is 5.95. The maximum absolute atomic E-state index is 5.95. The lowest BCUT2D eigenvalue weighted by molar-refractivity contribution is 0.157. The average molecular weight is 202 g/mol. The maximum Gasteiger partial charge on any atom is 0.0342 e. The Labute approximate surface area is 86.4 Å². The molecule has 2 rings (SSSR count). The lowest BCUT2D eigenvalue weighted by atomic mass is 9.82. The molecule has 13 heavy (non-hydrogen) atoms. The Morgan fingerprint density at radius 3 is 2.23 bits per heavy atom. The van der Waals surface area contributed by atoms with Crippen LogP contribution in [0.1, 0.15) is 32.1 Å². The van der Waals surface area contributed by atoms with E-state index in [1.807, 2.05) is 0 Å². The molecule has 2 aliphatic rings. The van der Waals surface area contributed by atoms with E-state index in [9.17, 15) is 0 Å². The van der Waals surface area contributed by atoms with Crippen molar-refractivity contribution in [2.45, 2.75) is 37.5 Å². The van der Waals surface area contributed by atoms with Gasteiger partial charge in [-0.25, -0.2) is 0 Å². The minimum atomic E-state index is 0.488. The quantitative estimate of drug-likeness (QED) is 0.633. The van der Waals surface area contributed by atoms with Gasteiger partial charge in [0.25, 0.3) is 0 Å². The standard InChI is InChI=1S/C11H20ClN/c1-13(7-9-3-2-4-9)8-10-5-11(12)6-10/h9-11H,2-8H2,1H3. The third-order valence-corrected chi connectivity index (χ3v) is 3.90. The Kier molecular flexibility index (Phi) is 3.15. The van der Waals surface area contributed by atoms with Crippen molar-refractivity contribution in [3.63, 3.8) is 0 Å². The van der Waals surface area contributed by atoms with Gasteiger partial charge in [-0.3, -0.25) is 0 Å². The molecule has 0 atom stereocenters. The topological polar surface area (TPSA) is 3.24 Å². The second-order valence-corrected chi connectivity index (χ2v) is 5.57. The molecule has 2 aliphatic carbocycles. The van der Waals surface area contributed by atoms with Gasteiger partial charge in [-0.2, -0.15) is 0 Å². The first-order valence-corrected chi connectivity index (χ1v) is 6.00. The van der Waals surface area contributed by atoms with Gasteiger partial charge in [-0.15, -0.1) is 11.6 Å². The molecule has 76 valence electrons. The van der Waals surface area contributed by atoms with Gasteiger partial charge in [-0.1, -0.05) is 6.42 Å². The van der Waals surface area contributed by atoms with Crippen LogP contribution >= 0.6 is 11.6 Å². The van der Waals surface area contributed by atoms with Crippen LogP contribution in [-0.4, -0.2) is 30.4 Å². The van der Waals surface area contributed by atoms with E-state index in [-0.39, 0.29) is 0 Å². The Balaban J connectivity index is 1.58. The molecule has 0 saturated heterocycles. The molecule has 0 heterocycles. The fraction of sp³-hybridized carbons (Fsp3) is 1.00. The molecular formula is C11H20ClN. The predicted molar refractivity (Wildman–Crippen MR) is 57.2 cm³/mol. The van der Waals surface area contributed by atoms with Gasteiger partial charge in [-0.05, 0) is 44.6 Å². The zero-order valence-corrected chi connectivity index (χ0v) is 9.26. The van der Waals surface area contributed by atoms with E-state index in [1.165, 1.54) is 45.2 Å². The van der Waals surface area contributed by atoms with Gasteiger partial charge in [0.05, 0.1) is 0 Å². The monoisotopic (exact) mass is 201 g/mol. The Hall–Kier alpha value is 0.250. The summed E-state index contributed by atoms with van der Waals surface area (Å²) in [5.41, 5.74) is 0. The highest BCUT2D eigenvalue weighted by Gasteiger charge is 2.28. The zero-order valence-electron chi connectivity index (χ0n) is 8.51. The molecule has 0 aromatic rings. The second-order valence-electron chi connectivity index (χ2n) is 4.95. The molecule has 0 spiro atoms. The molecule has 1 nitrogen and oxygen atoms in total. The van der Waals surface area contributed by atoms with Crippen molar-refractivity contribution < 1.29 is 0 Å². The number of nitrogens with zero attached hydrogens (tertiary/aromatic N) is 1. The van der Waals surface area contributed by atoms with E-state index in [0.717, 1.165) is 11.8 Å². The summed E-state index contributed by atoms with van der Waals surface area (Å²) in [6.07, 6.45) is 6.89. The van der Waals surface area contributed by atoms with E-state index >= 15 is 0 Å². The van der Waals surface area contributed by atoms with Crippen molar-refractivity contribution in [3.05, 3.63) is 0 Å². The molecule has 0 aliphatic heterocycles. The van der Waals surface area contributed by atoms with Crippen LogP contribution in [0.3, 0.4) is 0 Å². The first-order valence-electron chi connectivity index (χ1n) is 5.56. The van der Waals surface area contributed by atoms with Crippen LogP contribution in [0.5, 0.6) is 0 Å². The van der Waals surface area contributed by atoms with Crippen molar-refractivity contribution in [2.75, 3.05) is 20.1 Å². The summed E-state index contributed by atoms with van der Waals surface area (Å²) in [5.74, 6) is 1.91. The Morgan fingerprint density at radius 1 is 1.15 bits per heavy atom. The van der Waals surface area contributed by atoms with Crippen molar-refractivity contribution in [1.29, 1.82) is 0 Å². The highest BCUT2D eigenvalue weighted by Crippen LogP contribution is 2.33. The first-order chi connectivity index (χ1) is 6.24. The normalized spacial score (nSPS) is 34.4. The molecule has 0 bridgehead atoms. The SMILES string of the molecule is CN(CC1CCC1)CC1CC(Cl)C1. The summed E-state index contributed by atoms with van der Waals surface area (Å²) in [6.45, 7) is 2.60. The second kappa shape index (κ2) is 4.18. The van der Waals surface area contributed by atoms with Gasteiger partial charge in [0, 0.05) is 18.5 Å². The molecule has 2 saturated carbocycles. The third-order valence-electron chi connectivity index (χ3n) is 3.54. The van der Waals surface area contributed by atoms with Gasteiger partial charge in [0.1, 0.15) is 0 Å². The molecule has 0 amide bonds. The molecule has 2 fully saturated rings. The van der Waals surface area contributed by atoms with Crippen LogP contribution in [0.25, 0.3) is 0 Å². The zero-order chi connectivity index (χ0) is 9.26. The first kappa shape index (κ1) is 9.79. The van der Waals surface area contributed by atoms with Crippen LogP contribution in [0.4, 0.5) is 0 Å². The summed E-state index contributed by atoms with van der Waals surface area (Å²) in [5, 5.41) is 0.488. The highest BCUT2D eigenvalue weighted by atomic mass is 35.5. The third kappa shape index (κ3) is 2.60. The summed E-state index contributed by atoms with van der Waals surface area (Å²) in [7, 11) is 2.26. The van der Waals surface area contributed by atoms with Crippen LogP contribution in [0.2, 0.25) is 0 Å². The molecule has 0 unspecified atom stereocenters. The van der Waals surface area contributed by atoms with E-state index in [2.05, 4.69) is 11.9 Å². The van der Waals surface area contributed by atoms with E-state index in [4.69, 9.17) is 11.6 Å². The van der Waals surface area contributed by atoms with E-state index in [0.29, 0.717) is 5.38 Å². The Bertz CT molecular complexity index is 161. The van der Waals surface area contributed by atoms with Gasteiger partial charge in [0.15, 0.2) is 0 Å². The molecule has 0 radical (unpaired) electrons. The van der Waals surface area contributed by atoms with E-state index < -0.39 is 0 Å². The van der Waals surface area contributed by atoms with E-state index in [1.54, 1.807) is 0 Å². The molecule has 0 N–H and O–H groups in total. The van der Waals surface area contributed by atoms with Crippen LogP contribution in [0, 0.1) is 11.8 Å². The van der Waals surface area contributed by atoms with Crippen molar-refractivity contribution in [2.24, 2.45) is 11.8 Å². The fourth-order valence-corrected chi connectivity index (χ4v) is 2.94. The molecular weight excluding hydrogens is 182 g/mol. The molecule has 0 aromatic heterocycles. The van der Waals surface area contributed by atoms with Crippen LogP contribution < -0.4 is 0 Å². The number of hydrogen-bond acceptors (Lipinski definition) is 1. The van der Waals surface area contributed by atoms with Gasteiger partial charge < -0.3 is 4.90 Å². The summed E-state index contributed by atoms with van der Waals surface area (Å²) < 4.78 is 0. The maximum atomic E-state index is 5.95. The smallest absolute Gasteiger partial charge is 0.0342 e. The minimum Gasteiger partial charge on any atom is -0.306 e. The predicted octanol–water partition coefficient (Wildman–Crippen LogP) is 2.74. The number of hydrogen-bond donors (Lipinski definition) is 0. The average Bonchev–Trinajstić information content (AvgIpc) is 1.94. The lowest BCUT2D eigenvalue weighted by Gasteiger charge is -2.36. The number of halogens is 1. The van der Waals surface area contributed by atoms with Gasteiger partial charge in [0.2, 0.25) is 0 Å². The van der Waals surface area contributed by atoms with Crippen molar-refractivity contribution in [3.8, 4) is 0 Å².